The third-order valence-electron chi connectivity index (χ3n) is 3.87. The van der Waals surface area contributed by atoms with Gasteiger partial charge in [-0.15, -0.1) is 0 Å². The van der Waals surface area contributed by atoms with E-state index in [9.17, 15) is 0 Å². The molecule has 1 aromatic heterocycles. The topological polar surface area (TPSA) is 28.2 Å². The van der Waals surface area contributed by atoms with Gasteiger partial charge < -0.3 is 5.32 Å². The standard InChI is InChI=1S/C13H19N3/c1-2-11(8-14-5-1)9-16-7-4-13-12(10-16)3-6-15-13/h1-2,5,8,12-13,15H,3-4,6-7,9-10H2. The molecule has 0 radical (unpaired) electrons. The van der Waals surface area contributed by atoms with Crippen LogP contribution in [0, 0.1) is 5.92 Å². The molecule has 0 aliphatic carbocycles. The van der Waals surface area contributed by atoms with Crippen molar-refractivity contribution >= 4 is 0 Å². The maximum Gasteiger partial charge on any atom is 0.0312 e. The molecular formula is C13H19N3. The number of likely N-dealkylation sites (tertiary alicyclic amines) is 1. The van der Waals surface area contributed by atoms with Crippen LogP contribution < -0.4 is 5.32 Å². The van der Waals surface area contributed by atoms with Crippen LogP contribution in [0.15, 0.2) is 24.5 Å². The predicted octanol–water partition coefficient (Wildman–Crippen LogP) is 1.27. The number of hydrogen-bond donors (Lipinski definition) is 1. The molecule has 16 heavy (non-hydrogen) atoms. The van der Waals surface area contributed by atoms with Gasteiger partial charge in [-0.1, -0.05) is 6.07 Å². The average molecular weight is 217 g/mol. The highest BCUT2D eigenvalue weighted by Gasteiger charge is 2.32. The molecule has 2 aliphatic rings. The molecule has 0 saturated carbocycles. The van der Waals surface area contributed by atoms with Crippen LogP contribution >= 0.6 is 0 Å². The number of fused-ring (bicyclic) bond motifs is 1. The first-order chi connectivity index (χ1) is 7.92. The number of pyridine rings is 1. The van der Waals surface area contributed by atoms with E-state index >= 15 is 0 Å². The van der Waals surface area contributed by atoms with Gasteiger partial charge in [0.15, 0.2) is 0 Å². The highest BCUT2D eigenvalue weighted by atomic mass is 15.2. The van der Waals surface area contributed by atoms with Crippen LogP contribution in [0.3, 0.4) is 0 Å². The van der Waals surface area contributed by atoms with Crippen LogP contribution in [-0.2, 0) is 6.54 Å². The quantitative estimate of drug-likeness (QED) is 0.808. The van der Waals surface area contributed by atoms with E-state index in [1.54, 1.807) is 0 Å². The Morgan fingerprint density at radius 3 is 3.31 bits per heavy atom. The molecule has 1 N–H and O–H groups in total. The molecule has 0 amide bonds. The summed E-state index contributed by atoms with van der Waals surface area (Å²) in [4.78, 5) is 6.75. The van der Waals surface area contributed by atoms with Crippen molar-refractivity contribution in [3.63, 3.8) is 0 Å². The summed E-state index contributed by atoms with van der Waals surface area (Å²) in [5.74, 6) is 0.880. The molecule has 3 nitrogen and oxygen atoms in total. The number of nitrogens with one attached hydrogen (secondary N) is 1. The summed E-state index contributed by atoms with van der Waals surface area (Å²) in [6.45, 7) is 4.77. The molecule has 3 rings (SSSR count). The largest absolute Gasteiger partial charge is 0.314 e. The zero-order valence-corrected chi connectivity index (χ0v) is 9.60. The SMILES string of the molecule is c1cncc(CN2CCC3NCCC3C2)c1. The van der Waals surface area contributed by atoms with E-state index < -0.39 is 0 Å². The summed E-state index contributed by atoms with van der Waals surface area (Å²) in [6.07, 6.45) is 6.49. The smallest absolute Gasteiger partial charge is 0.0312 e. The zero-order valence-electron chi connectivity index (χ0n) is 9.60. The van der Waals surface area contributed by atoms with E-state index in [1.165, 1.54) is 38.0 Å². The van der Waals surface area contributed by atoms with Crippen LogP contribution in [0.2, 0.25) is 0 Å². The van der Waals surface area contributed by atoms with Crippen molar-refractivity contribution in [2.45, 2.75) is 25.4 Å². The van der Waals surface area contributed by atoms with Crippen molar-refractivity contribution in [2.24, 2.45) is 5.92 Å². The second-order valence-electron chi connectivity index (χ2n) is 4.99. The summed E-state index contributed by atoms with van der Waals surface area (Å²) < 4.78 is 0. The lowest BCUT2D eigenvalue weighted by Gasteiger charge is -2.34. The summed E-state index contributed by atoms with van der Waals surface area (Å²) in [5.41, 5.74) is 1.34. The van der Waals surface area contributed by atoms with Crippen molar-refractivity contribution in [3.8, 4) is 0 Å². The number of rotatable bonds is 2. The Kier molecular flexibility index (Phi) is 2.89. The fourth-order valence-corrected chi connectivity index (χ4v) is 3.02. The molecule has 2 aliphatic heterocycles. The molecule has 2 atom stereocenters. The minimum atomic E-state index is 0.796. The Morgan fingerprint density at radius 1 is 1.44 bits per heavy atom. The van der Waals surface area contributed by atoms with E-state index in [1.807, 2.05) is 18.5 Å². The molecule has 2 fully saturated rings. The van der Waals surface area contributed by atoms with E-state index in [2.05, 4.69) is 21.3 Å². The molecule has 2 unspecified atom stereocenters. The summed E-state index contributed by atoms with van der Waals surface area (Å²) in [6, 6.07) is 5.00. The van der Waals surface area contributed by atoms with Crippen molar-refractivity contribution in [2.75, 3.05) is 19.6 Å². The minimum absolute atomic E-state index is 0.796. The molecule has 2 saturated heterocycles. The lowest BCUT2D eigenvalue weighted by molar-refractivity contribution is 0.156. The van der Waals surface area contributed by atoms with Gasteiger partial charge in [0.1, 0.15) is 0 Å². The van der Waals surface area contributed by atoms with Gasteiger partial charge in [-0.3, -0.25) is 9.88 Å². The Hall–Kier alpha value is -0.930. The van der Waals surface area contributed by atoms with E-state index in [4.69, 9.17) is 0 Å². The molecule has 0 bridgehead atoms. The molecule has 3 heterocycles. The van der Waals surface area contributed by atoms with Gasteiger partial charge in [0.2, 0.25) is 0 Å². The van der Waals surface area contributed by atoms with Gasteiger partial charge in [-0.2, -0.15) is 0 Å². The highest BCUT2D eigenvalue weighted by molar-refractivity contribution is 5.08. The number of piperidine rings is 1. The second kappa shape index (κ2) is 4.52. The van der Waals surface area contributed by atoms with Crippen molar-refractivity contribution in [1.29, 1.82) is 0 Å². The van der Waals surface area contributed by atoms with Crippen LogP contribution in [0.4, 0.5) is 0 Å². The fraction of sp³-hybridized carbons (Fsp3) is 0.615. The summed E-state index contributed by atoms with van der Waals surface area (Å²) in [7, 11) is 0. The van der Waals surface area contributed by atoms with Crippen LogP contribution in [0.1, 0.15) is 18.4 Å². The Labute approximate surface area is 96.9 Å². The first-order valence-corrected chi connectivity index (χ1v) is 6.26. The lowest BCUT2D eigenvalue weighted by Crippen LogP contribution is -2.43. The maximum atomic E-state index is 4.18. The second-order valence-corrected chi connectivity index (χ2v) is 4.99. The monoisotopic (exact) mass is 217 g/mol. The maximum absolute atomic E-state index is 4.18. The molecular weight excluding hydrogens is 198 g/mol. The van der Waals surface area contributed by atoms with Gasteiger partial charge in [-0.25, -0.2) is 0 Å². The van der Waals surface area contributed by atoms with E-state index in [0.29, 0.717) is 0 Å². The first-order valence-electron chi connectivity index (χ1n) is 6.26. The number of aromatic nitrogens is 1. The Bertz CT molecular complexity index is 338. The van der Waals surface area contributed by atoms with Crippen molar-refractivity contribution in [1.82, 2.24) is 15.2 Å². The summed E-state index contributed by atoms with van der Waals surface area (Å²) >= 11 is 0. The average Bonchev–Trinajstić information content (AvgIpc) is 2.77. The van der Waals surface area contributed by atoms with Crippen molar-refractivity contribution in [3.05, 3.63) is 30.1 Å². The summed E-state index contributed by atoms with van der Waals surface area (Å²) in [5, 5.41) is 3.60. The Morgan fingerprint density at radius 2 is 2.44 bits per heavy atom. The lowest BCUT2D eigenvalue weighted by atomic mass is 9.93. The first kappa shape index (κ1) is 10.2. The normalized spacial score (nSPS) is 30.2. The van der Waals surface area contributed by atoms with Crippen molar-refractivity contribution < 1.29 is 0 Å². The molecule has 86 valence electrons. The van der Waals surface area contributed by atoms with E-state index in [-0.39, 0.29) is 0 Å². The predicted molar refractivity (Wildman–Crippen MR) is 64.0 cm³/mol. The molecule has 1 aromatic rings. The van der Waals surface area contributed by atoms with Gasteiger partial charge in [0, 0.05) is 31.5 Å². The van der Waals surface area contributed by atoms with Gasteiger partial charge in [-0.05, 0) is 43.5 Å². The minimum Gasteiger partial charge on any atom is -0.314 e. The Balaban J connectivity index is 1.60. The molecule has 0 spiro atoms. The fourth-order valence-electron chi connectivity index (χ4n) is 3.02. The molecule has 3 heteroatoms. The van der Waals surface area contributed by atoms with Gasteiger partial charge >= 0.3 is 0 Å². The van der Waals surface area contributed by atoms with Crippen LogP contribution in [0.5, 0.6) is 0 Å². The third-order valence-corrected chi connectivity index (χ3v) is 3.87. The van der Waals surface area contributed by atoms with Gasteiger partial charge in [0.25, 0.3) is 0 Å². The highest BCUT2D eigenvalue weighted by Crippen LogP contribution is 2.25. The molecule has 0 aromatic carbocycles. The number of hydrogen-bond acceptors (Lipinski definition) is 3. The van der Waals surface area contributed by atoms with Crippen LogP contribution in [0.25, 0.3) is 0 Å². The third kappa shape index (κ3) is 2.11. The van der Waals surface area contributed by atoms with Crippen LogP contribution in [-0.4, -0.2) is 35.6 Å². The van der Waals surface area contributed by atoms with Gasteiger partial charge in [0.05, 0.1) is 0 Å². The zero-order chi connectivity index (χ0) is 10.8. The number of nitrogens with zero attached hydrogens (tertiary/aromatic N) is 2. The van der Waals surface area contributed by atoms with E-state index in [0.717, 1.165) is 18.5 Å².